The van der Waals surface area contributed by atoms with E-state index in [1.165, 1.54) is 6.92 Å². The van der Waals surface area contributed by atoms with Gasteiger partial charge < -0.3 is 15.4 Å². The Morgan fingerprint density at radius 3 is 2.38 bits per heavy atom. The monoisotopic (exact) mass is 328 g/mol. The molecule has 0 fully saturated rings. The van der Waals surface area contributed by atoms with Crippen LogP contribution in [-0.2, 0) is 4.79 Å². The number of methoxy groups -OCH3 is 1. The first kappa shape index (κ1) is 15.7. The molecule has 1 aliphatic rings. The number of benzene rings is 1. The lowest BCUT2D eigenvalue weighted by Gasteiger charge is -2.29. The molecule has 1 atom stereocenters. The number of allylic oxidation sites excluding steroid dienone is 1. The zero-order valence-corrected chi connectivity index (χ0v) is 13.0. The Labute approximate surface area is 132 Å². The van der Waals surface area contributed by atoms with E-state index in [0.29, 0.717) is 11.3 Å². The van der Waals surface area contributed by atoms with E-state index in [9.17, 15) is 9.59 Å². The van der Waals surface area contributed by atoms with Gasteiger partial charge in [0.15, 0.2) is 5.78 Å². The smallest absolute Gasteiger partial charge is 0.319 e. The zero-order chi connectivity index (χ0) is 15.6. The van der Waals surface area contributed by atoms with Crippen molar-refractivity contribution in [3.05, 3.63) is 41.1 Å². The van der Waals surface area contributed by atoms with Gasteiger partial charge in [0.1, 0.15) is 10.6 Å². The highest BCUT2D eigenvalue weighted by Crippen LogP contribution is 2.31. The molecule has 2 amide bonds. The number of urea groups is 1. The number of halogens is 2. The summed E-state index contributed by atoms with van der Waals surface area (Å²) < 4.78 is 5.09. The molecule has 0 aliphatic carbocycles. The summed E-state index contributed by atoms with van der Waals surface area (Å²) in [7, 11) is 1.56. The van der Waals surface area contributed by atoms with Gasteiger partial charge >= 0.3 is 6.03 Å². The van der Waals surface area contributed by atoms with Gasteiger partial charge in [0, 0.05) is 5.57 Å². The van der Waals surface area contributed by atoms with E-state index in [1.54, 1.807) is 31.4 Å². The highest BCUT2D eigenvalue weighted by Gasteiger charge is 2.33. The number of carbonyl (C=O) groups excluding carboxylic acids is 2. The summed E-state index contributed by atoms with van der Waals surface area (Å²) in [5.74, 6) is 0.463. The minimum absolute atomic E-state index is 0.218. The van der Waals surface area contributed by atoms with Crippen LogP contribution < -0.4 is 15.4 Å². The molecule has 0 aromatic heterocycles. The normalized spacial score (nSPS) is 18.3. The maximum absolute atomic E-state index is 11.9. The van der Waals surface area contributed by atoms with Crippen LogP contribution in [0.4, 0.5) is 4.79 Å². The summed E-state index contributed by atoms with van der Waals surface area (Å²) in [6, 6.07) is 5.99. The number of carbonyl (C=O) groups is 2. The molecule has 1 aromatic carbocycles. The number of nitrogens with one attached hydrogen (secondary N) is 2. The Morgan fingerprint density at radius 1 is 1.29 bits per heavy atom. The molecule has 0 saturated carbocycles. The van der Waals surface area contributed by atoms with Gasteiger partial charge in [-0.25, -0.2) is 4.79 Å². The molecule has 7 heteroatoms. The van der Waals surface area contributed by atoms with Crippen LogP contribution in [0.15, 0.2) is 35.5 Å². The fraction of sp³-hybridized carbons (Fsp3) is 0.286. The van der Waals surface area contributed by atoms with Crippen LogP contribution >= 0.6 is 23.2 Å². The standard InChI is InChI=1S/C14H14Cl2N2O3/c1-7(19)10-11(8-3-5-9(21-2)6-4-8)17-14(20)18-12(10)13(15)16/h3-6,11,13H,1-2H3,(H2,17,18,20). The largest absolute Gasteiger partial charge is 0.497 e. The maximum atomic E-state index is 11.9. The van der Waals surface area contributed by atoms with Crippen molar-refractivity contribution >= 4 is 35.0 Å². The molecule has 21 heavy (non-hydrogen) atoms. The van der Waals surface area contributed by atoms with Crippen LogP contribution in [0.3, 0.4) is 0 Å². The van der Waals surface area contributed by atoms with Crippen molar-refractivity contribution in [2.45, 2.75) is 17.8 Å². The molecule has 1 aliphatic heterocycles. The summed E-state index contributed by atoms with van der Waals surface area (Å²) in [5.41, 5.74) is 1.30. The fourth-order valence-corrected chi connectivity index (χ4v) is 2.54. The summed E-state index contributed by atoms with van der Waals surface area (Å²) in [6.45, 7) is 1.40. The molecule has 0 saturated heterocycles. The van der Waals surface area contributed by atoms with Crippen LogP contribution in [0.1, 0.15) is 18.5 Å². The van der Waals surface area contributed by atoms with Gasteiger partial charge in [-0.3, -0.25) is 4.79 Å². The highest BCUT2D eigenvalue weighted by molar-refractivity contribution is 6.46. The molecule has 1 aromatic rings. The van der Waals surface area contributed by atoms with Crippen molar-refractivity contribution in [2.24, 2.45) is 0 Å². The maximum Gasteiger partial charge on any atom is 0.319 e. The molecule has 0 bridgehead atoms. The lowest BCUT2D eigenvalue weighted by atomic mass is 9.93. The van der Waals surface area contributed by atoms with E-state index < -0.39 is 16.9 Å². The molecule has 2 rings (SSSR count). The molecule has 112 valence electrons. The zero-order valence-electron chi connectivity index (χ0n) is 11.4. The first-order valence-electron chi connectivity index (χ1n) is 6.18. The molecule has 1 heterocycles. The second kappa shape index (κ2) is 6.37. The summed E-state index contributed by atoms with van der Waals surface area (Å²) in [6.07, 6.45) is 0. The van der Waals surface area contributed by atoms with Crippen LogP contribution in [-0.4, -0.2) is 23.8 Å². The van der Waals surface area contributed by atoms with Crippen molar-refractivity contribution in [1.82, 2.24) is 10.6 Å². The highest BCUT2D eigenvalue weighted by atomic mass is 35.5. The number of Topliss-reactive ketones (excluding diaryl/α,β-unsaturated/α-hetero) is 1. The van der Waals surface area contributed by atoms with Crippen molar-refractivity contribution in [3.8, 4) is 5.75 Å². The Balaban J connectivity index is 2.50. The topological polar surface area (TPSA) is 67.4 Å². The summed E-state index contributed by atoms with van der Waals surface area (Å²) >= 11 is 11.7. The predicted octanol–water partition coefficient (Wildman–Crippen LogP) is 2.70. The Morgan fingerprint density at radius 2 is 1.90 bits per heavy atom. The van der Waals surface area contributed by atoms with Crippen LogP contribution in [0, 0.1) is 0 Å². The SMILES string of the molecule is COc1ccc(C2NC(=O)NC(C(Cl)Cl)=C2C(C)=O)cc1. The van der Waals surface area contributed by atoms with Crippen molar-refractivity contribution in [3.63, 3.8) is 0 Å². The first-order valence-corrected chi connectivity index (χ1v) is 7.06. The van der Waals surface area contributed by atoms with E-state index in [-0.39, 0.29) is 11.5 Å². The molecule has 1 unspecified atom stereocenters. The third kappa shape index (κ3) is 3.31. The molecular weight excluding hydrogens is 315 g/mol. The van der Waals surface area contributed by atoms with Crippen LogP contribution in [0.25, 0.3) is 0 Å². The van der Waals surface area contributed by atoms with E-state index in [0.717, 1.165) is 5.56 Å². The minimum atomic E-state index is -0.990. The minimum Gasteiger partial charge on any atom is -0.497 e. The number of hydrogen-bond acceptors (Lipinski definition) is 3. The summed E-state index contributed by atoms with van der Waals surface area (Å²) in [4.78, 5) is 22.7. The van der Waals surface area contributed by atoms with Gasteiger partial charge in [-0.2, -0.15) is 0 Å². The second-order valence-corrected chi connectivity index (χ2v) is 5.59. The Kier molecular flexibility index (Phi) is 4.75. The Bertz CT molecular complexity index is 597. The third-order valence-electron chi connectivity index (χ3n) is 3.15. The predicted molar refractivity (Wildman–Crippen MR) is 80.6 cm³/mol. The number of rotatable bonds is 4. The van der Waals surface area contributed by atoms with Crippen LogP contribution in [0.2, 0.25) is 0 Å². The fourth-order valence-electron chi connectivity index (χ4n) is 2.20. The van der Waals surface area contributed by atoms with Gasteiger partial charge in [0.05, 0.1) is 18.8 Å². The first-order chi connectivity index (χ1) is 9.93. The lowest BCUT2D eigenvalue weighted by Crippen LogP contribution is -2.46. The van der Waals surface area contributed by atoms with Gasteiger partial charge in [-0.1, -0.05) is 35.3 Å². The van der Waals surface area contributed by atoms with Crippen molar-refractivity contribution in [2.75, 3.05) is 7.11 Å². The van der Waals surface area contributed by atoms with Gasteiger partial charge in [-0.15, -0.1) is 0 Å². The number of amides is 2. The summed E-state index contributed by atoms with van der Waals surface area (Å²) in [5, 5.41) is 5.19. The molecule has 2 N–H and O–H groups in total. The lowest BCUT2D eigenvalue weighted by molar-refractivity contribution is -0.114. The third-order valence-corrected chi connectivity index (χ3v) is 3.59. The van der Waals surface area contributed by atoms with Gasteiger partial charge in [-0.05, 0) is 24.6 Å². The number of hydrogen-bond donors (Lipinski definition) is 2. The average molecular weight is 329 g/mol. The molecular formula is C14H14Cl2N2O3. The van der Waals surface area contributed by atoms with Gasteiger partial charge in [0.2, 0.25) is 0 Å². The van der Waals surface area contributed by atoms with E-state index >= 15 is 0 Å². The number of alkyl halides is 2. The van der Waals surface area contributed by atoms with E-state index in [4.69, 9.17) is 27.9 Å². The van der Waals surface area contributed by atoms with Gasteiger partial charge in [0.25, 0.3) is 0 Å². The van der Waals surface area contributed by atoms with E-state index in [2.05, 4.69) is 10.6 Å². The van der Waals surface area contributed by atoms with Crippen molar-refractivity contribution in [1.29, 1.82) is 0 Å². The van der Waals surface area contributed by atoms with Crippen molar-refractivity contribution < 1.29 is 14.3 Å². The Hall–Kier alpha value is -1.72. The number of ether oxygens (including phenoxy) is 1. The molecule has 5 nitrogen and oxygen atoms in total. The van der Waals surface area contributed by atoms with E-state index in [1.807, 2.05) is 0 Å². The average Bonchev–Trinajstić information content (AvgIpc) is 2.46. The number of ketones is 1. The quantitative estimate of drug-likeness (QED) is 0.835. The second-order valence-electron chi connectivity index (χ2n) is 4.49. The van der Waals surface area contributed by atoms with Crippen LogP contribution in [0.5, 0.6) is 5.75 Å². The molecule has 0 spiro atoms. The molecule has 0 radical (unpaired) electrons.